The average molecular weight is 471 g/mol. The van der Waals surface area contributed by atoms with E-state index in [1.165, 1.54) is 16.8 Å². The molecule has 0 spiro atoms. The van der Waals surface area contributed by atoms with Crippen LogP contribution in [0.1, 0.15) is 54.7 Å². The average Bonchev–Trinajstić information content (AvgIpc) is 2.87. The van der Waals surface area contributed by atoms with E-state index < -0.39 is 34.1 Å². The summed E-state index contributed by atoms with van der Waals surface area (Å²) in [5.41, 5.74) is -0.889. The van der Waals surface area contributed by atoms with Crippen LogP contribution in [-0.4, -0.2) is 45.0 Å². The van der Waals surface area contributed by atoms with Crippen LogP contribution in [0.2, 0.25) is 36.3 Å². The largest absolute Gasteiger partial charge is 0.414 e. The lowest BCUT2D eigenvalue weighted by atomic mass is 10.0. The molecule has 0 aliphatic carbocycles. The van der Waals surface area contributed by atoms with Gasteiger partial charge in [-0.25, -0.2) is 4.79 Å². The van der Waals surface area contributed by atoms with Gasteiger partial charge in [-0.15, -0.1) is 0 Å². The van der Waals surface area contributed by atoms with E-state index >= 15 is 0 Å². The van der Waals surface area contributed by atoms with E-state index in [2.05, 4.69) is 72.7 Å². The van der Waals surface area contributed by atoms with Gasteiger partial charge in [-0.2, -0.15) is 0 Å². The third kappa shape index (κ3) is 5.68. The first-order chi connectivity index (χ1) is 13.9. The number of nitrogens with one attached hydrogen (secondary N) is 1. The molecule has 0 bridgehead atoms. The van der Waals surface area contributed by atoms with Crippen LogP contribution >= 0.6 is 0 Å². The van der Waals surface area contributed by atoms with E-state index in [4.69, 9.17) is 13.6 Å². The van der Waals surface area contributed by atoms with Gasteiger partial charge in [-0.1, -0.05) is 48.5 Å². The van der Waals surface area contributed by atoms with Crippen molar-refractivity contribution in [3.8, 4) is 0 Å². The summed E-state index contributed by atoms with van der Waals surface area (Å²) in [6.07, 6.45) is 0.492. The number of hydrogen-bond donors (Lipinski definition) is 1. The lowest BCUT2D eigenvalue weighted by Gasteiger charge is -2.41. The molecule has 1 N–H and O–H groups in total. The van der Waals surface area contributed by atoms with Crippen LogP contribution < -0.4 is 11.2 Å². The summed E-state index contributed by atoms with van der Waals surface area (Å²) in [4.78, 5) is 26.3. The van der Waals surface area contributed by atoms with E-state index in [1.54, 1.807) is 0 Å². The number of aromatic nitrogens is 2. The zero-order valence-electron chi connectivity index (χ0n) is 21.2. The summed E-state index contributed by atoms with van der Waals surface area (Å²) in [5.74, 6) is -0.0780. The Morgan fingerprint density at radius 2 is 1.58 bits per heavy atom. The predicted octanol–water partition coefficient (Wildman–Crippen LogP) is 4.48. The SMILES string of the molecule is C[C@H]1[C@H](O[Si](C)(C)C(C)(C)C)[C@@H](CO[Si](C)(C)C(C)(C)C)O[C@H]1n1ccc(=O)[nH]c1=O. The molecule has 1 aromatic rings. The minimum absolute atomic E-state index is 0.0461. The Hall–Kier alpha value is -1.01. The minimum atomic E-state index is -2.09. The van der Waals surface area contributed by atoms with Gasteiger partial charge in [0, 0.05) is 18.2 Å². The molecule has 1 aromatic heterocycles. The molecule has 2 heterocycles. The van der Waals surface area contributed by atoms with E-state index in [0.717, 1.165) is 0 Å². The number of nitrogens with zero attached hydrogens (tertiary/aromatic N) is 1. The maximum Gasteiger partial charge on any atom is 0.330 e. The molecular formula is C22H42N2O5Si2. The molecule has 0 unspecified atom stereocenters. The van der Waals surface area contributed by atoms with E-state index in [0.29, 0.717) is 6.61 Å². The van der Waals surface area contributed by atoms with Crippen molar-refractivity contribution in [2.45, 2.75) is 103 Å². The molecule has 0 aromatic carbocycles. The van der Waals surface area contributed by atoms with Gasteiger partial charge in [0.25, 0.3) is 5.56 Å². The fourth-order valence-corrected chi connectivity index (χ4v) is 5.58. The molecule has 0 radical (unpaired) electrons. The van der Waals surface area contributed by atoms with Gasteiger partial charge in [-0.3, -0.25) is 14.3 Å². The van der Waals surface area contributed by atoms with E-state index in [1.807, 2.05) is 6.92 Å². The van der Waals surface area contributed by atoms with Crippen LogP contribution in [0.15, 0.2) is 21.9 Å². The summed E-state index contributed by atoms with van der Waals surface area (Å²) in [7, 11) is -4.07. The number of aromatic amines is 1. The zero-order valence-corrected chi connectivity index (χ0v) is 23.2. The highest BCUT2D eigenvalue weighted by Gasteiger charge is 2.50. The molecule has 2 rings (SSSR count). The second kappa shape index (κ2) is 8.74. The normalized spacial score (nSPS) is 25.8. The van der Waals surface area contributed by atoms with Crippen LogP contribution in [-0.2, 0) is 13.6 Å². The molecule has 1 aliphatic heterocycles. The van der Waals surface area contributed by atoms with Gasteiger partial charge < -0.3 is 13.6 Å². The van der Waals surface area contributed by atoms with Crippen molar-refractivity contribution >= 4 is 16.6 Å². The summed E-state index contributed by atoms with van der Waals surface area (Å²) in [5, 5.41) is 0.132. The summed E-state index contributed by atoms with van der Waals surface area (Å²) in [6.45, 7) is 24.6. The monoisotopic (exact) mass is 470 g/mol. The lowest BCUT2D eigenvalue weighted by Crippen LogP contribution is -2.49. The predicted molar refractivity (Wildman–Crippen MR) is 130 cm³/mol. The first kappa shape index (κ1) is 26.2. The molecule has 4 atom stereocenters. The molecule has 1 fully saturated rings. The fourth-order valence-electron chi connectivity index (χ4n) is 3.17. The van der Waals surface area contributed by atoms with E-state index in [9.17, 15) is 9.59 Å². The first-order valence-electron chi connectivity index (χ1n) is 11.2. The van der Waals surface area contributed by atoms with Crippen molar-refractivity contribution in [1.82, 2.24) is 9.55 Å². The van der Waals surface area contributed by atoms with Crippen LogP contribution in [0.5, 0.6) is 0 Å². The molecule has 31 heavy (non-hydrogen) atoms. The smallest absolute Gasteiger partial charge is 0.330 e. The second-order valence-electron chi connectivity index (χ2n) is 11.9. The molecule has 1 saturated heterocycles. The quantitative estimate of drug-likeness (QED) is 0.620. The Labute approximate surface area is 188 Å². The van der Waals surface area contributed by atoms with Crippen LogP contribution in [0.4, 0.5) is 0 Å². The van der Waals surface area contributed by atoms with Crippen LogP contribution in [0, 0.1) is 5.92 Å². The number of H-pyrrole nitrogens is 1. The van der Waals surface area contributed by atoms with Crippen molar-refractivity contribution in [2.24, 2.45) is 5.92 Å². The number of rotatable bonds is 6. The fraction of sp³-hybridized carbons (Fsp3) is 0.818. The number of ether oxygens (including phenoxy) is 1. The maximum atomic E-state index is 12.4. The van der Waals surface area contributed by atoms with Gasteiger partial charge >= 0.3 is 5.69 Å². The Kier molecular flexibility index (Phi) is 7.40. The van der Waals surface area contributed by atoms with E-state index in [-0.39, 0.29) is 28.2 Å². The molecule has 7 nitrogen and oxygen atoms in total. The Morgan fingerprint density at radius 1 is 1.03 bits per heavy atom. The van der Waals surface area contributed by atoms with Crippen molar-refractivity contribution < 1.29 is 13.6 Å². The highest BCUT2D eigenvalue weighted by molar-refractivity contribution is 6.74. The van der Waals surface area contributed by atoms with Crippen LogP contribution in [0.25, 0.3) is 0 Å². The summed E-state index contributed by atoms with van der Waals surface area (Å²) < 4.78 is 21.2. The Balaban J connectivity index is 2.37. The van der Waals surface area contributed by atoms with Crippen molar-refractivity contribution in [1.29, 1.82) is 0 Å². The first-order valence-corrected chi connectivity index (χ1v) is 17.0. The second-order valence-corrected chi connectivity index (χ2v) is 21.4. The topological polar surface area (TPSA) is 82.6 Å². The van der Waals surface area contributed by atoms with Gasteiger partial charge in [0.2, 0.25) is 0 Å². The lowest BCUT2D eigenvalue weighted by molar-refractivity contribution is -0.0436. The highest BCUT2D eigenvalue weighted by Crippen LogP contribution is 2.44. The zero-order chi connectivity index (χ0) is 24.0. The molecule has 178 valence electrons. The van der Waals surface area contributed by atoms with Crippen LogP contribution in [0.3, 0.4) is 0 Å². The molecule has 1 aliphatic rings. The Bertz CT molecular complexity index is 879. The highest BCUT2D eigenvalue weighted by atomic mass is 28.4. The summed E-state index contributed by atoms with van der Waals surface area (Å²) >= 11 is 0. The Morgan fingerprint density at radius 3 is 2.06 bits per heavy atom. The molecular weight excluding hydrogens is 428 g/mol. The van der Waals surface area contributed by atoms with Gasteiger partial charge in [0.15, 0.2) is 16.6 Å². The van der Waals surface area contributed by atoms with Crippen molar-refractivity contribution in [3.05, 3.63) is 33.1 Å². The van der Waals surface area contributed by atoms with Gasteiger partial charge in [0.05, 0.1) is 12.7 Å². The third-order valence-corrected chi connectivity index (χ3v) is 16.4. The van der Waals surface area contributed by atoms with Crippen molar-refractivity contribution in [2.75, 3.05) is 6.61 Å². The van der Waals surface area contributed by atoms with Gasteiger partial charge in [0.1, 0.15) is 12.3 Å². The van der Waals surface area contributed by atoms with Crippen molar-refractivity contribution in [3.63, 3.8) is 0 Å². The molecule has 0 amide bonds. The standard InChI is InChI=1S/C22H42N2O5Si2/c1-15-18(29-31(10,11)22(5,6)7)16(14-27-30(8,9)21(2,3)4)28-19(15)24-13-12-17(25)23-20(24)26/h12-13,15-16,18-19H,14H2,1-11H3,(H,23,25,26)/t15-,16+,18-,19+/m0/s1. The third-order valence-electron chi connectivity index (χ3n) is 7.43. The molecule has 0 saturated carbocycles. The summed E-state index contributed by atoms with van der Waals surface area (Å²) in [6, 6.07) is 1.35. The minimum Gasteiger partial charge on any atom is -0.414 e. The molecule has 9 heteroatoms. The van der Waals surface area contributed by atoms with Gasteiger partial charge in [-0.05, 0) is 36.3 Å². The maximum absolute atomic E-state index is 12.4. The number of hydrogen-bond acceptors (Lipinski definition) is 5.